The van der Waals surface area contributed by atoms with Gasteiger partial charge in [0.15, 0.2) is 0 Å². The van der Waals surface area contributed by atoms with Crippen LogP contribution in [0.1, 0.15) is 37.5 Å². The maximum absolute atomic E-state index is 12.3. The van der Waals surface area contributed by atoms with Gasteiger partial charge in [0.25, 0.3) is 0 Å². The maximum atomic E-state index is 12.3. The lowest BCUT2D eigenvalue weighted by atomic mass is 9.97. The highest BCUT2D eigenvalue weighted by atomic mass is 16.5. The lowest BCUT2D eigenvalue weighted by molar-refractivity contribution is -0.133. The summed E-state index contributed by atoms with van der Waals surface area (Å²) in [7, 11) is 1.64. The molecule has 1 aliphatic carbocycles. The van der Waals surface area contributed by atoms with Gasteiger partial charge in [-0.15, -0.1) is 10.2 Å². The highest BCUT2D eigenvalue weighted by Gasteiger charge is 2.36. The van der Waals surface area contributed by atoms with Crippen LogP contribution in [0.2, 0.25) is 0 Å². The summed E-state index contributed by atoms with van der Waals surface area (Å²) in [5, 5.41) is 8.40. The summed E-state index contributed by atoms with van der Waals surface area (Å²) >= 11 is 0. The normalized spacial score (nSPS) is 20.9. The first kappa shape index (κ1) is 15.2. The minimum absolute atomic E-state index is 0.140. The first-order valence-corrected chi connectivity index (χ1v) is 8.51. The van der Waals surface area contributed by atoms with Gasteiger partial charge in [0, 0.05) is 24.6 Å². The van der Waals surface area contributed by atoms with E-state index >= 15 is 0 Å². The van der Waals surface area contributed by atoms with E-state index in [4.69, 9.17) is 9.15 Å². The van der Waals surface area contributed by atoms with E-state index in [2.05, 4.69) is 10.2 Å². The SMILES string of the molecule is COc1ccc(-c2nnc(C3CCCN(C(=O)C4CC4)C3)o2)cc1. The van der Waals surface area contributed by atoms with Crippen LogP contribution in [0.3, 0.4) is 0 Å². The fourth-order valence-corrected chi connectivity index (χ4v) is 3.22. The standard InChI is InChI=1S/C18H21N3O3/c1-23-15-8-6-12(7-9-15)16-19-20-17(24-16)14-3-2-10-21(11-14)18(22)13-4-5-13/h6-9,13-14H,2-5,10-11H2,1H3. The summed E-state index contributed by atoms with van der Waals surface area (Å²) in [5.41, 5.74) is 0.872. The van der Waals surface area contributed by atoms with Crippen molar-refractivity contribution in [3.8, 4) is 17.2 Å². The molecule has 2 fully saturated rings. The number of likely N-dealkylation sites (tertiary alicyclic amines) is 1. The number of nitrogens with zero attached hydrogens (tertiary/aromatic N) is 3. The molecule has 2 heterocycles. The second-order valence-corrected chi connectivity index (χ2v) is 6.57. The third-order valence-corrected chi connectivity index (χ3v) is 4.79. The molecule has 24 heavy (non-hydrogen) atoms. The molecule has 2 aromatic rings. The number of piperidine rings is 1. The summed E-state index contributed by atoms with van der Waals surface area (Å²) in [6.07, 6.45) is 4.06. The number of aromatic nitrogens is 2. The van der Waals surface area contributed by atoms with Crippen molar-refractivity contribution >= 4 is 5.91 Å². The zero-order valence-corrected chi connectivity index (χ0v) is 13.8. The molecule has 1 unspecified atom stereocenters. The molecule has 6 heteroatoms. The summed E-state index contributed by atoms with van der Waals surface area (Å²) in [6, 6.07) is 7.55. The Kier molecular flexibility index (Phi) is 3.96. The number of ether oxygens (including phenoxy) is 1. The second-order valence-electron chi connectivity index (χ2n) is 6.57. The van der Waals surface area contributed by atoms with Crippen molar-refractivity contribution in [2.75, 3.05) is 20.2 Å². The topological polar surface area (TPSA) is 68.5 Å². The Morgan fingerprint density at radius 3 is 2.71 bits per heavy atom. The molecule has 1 aromatic heterocycles. The number of carbonyl (C=O) groups is 1. The molecule has 2 aliphatic rings. The van der Waals surface area contributed by atoms with E-state index in [1.54, 1.807) is 7.11 Å². The van der Waals surface area contributed by atoms with Crippen LogP contribution in [0.5, 0.6) is 5.75 Å². The van der Waals surface area contributed by atoms with Gasteiger partial charge in [0.05, 0.1) is 13.0 Å². The lowest BCUT2D eigenvalue weighted by Gasteiger charge is -2.31. The van der Waals surface area contributed by atoms with Crippen LogP contribution >= 0.6 is 0 Å². The first-order valence-electron chi connectivity index (χ1n) is 8.51. The van der Waals surface area contributed by atoms with Crippen LogP contribution < -0.4 is 4.74 Å². The molecule has 1 atom stereocenters. The Bertz CT molecular complexity index is 721. The van der Waals surface area contributed by atoms with Crippen molar-refractivity contribution in [1.82, 2.24) is 15.1 Å². The van der Waals surface area contributed by atoms with Crippen molar-refractivity contribution in [2.24, 2.45) is 5.92 Å². The van der Waals surface area contributed by atoms with E-state index in [-0.39, 0.29) is 11.8 Å². The molecule has 0 bridgehead atoms. The highest BCUT2D eigenvalue weighted by molar-refractivity contribution is 5.81. The summed E-state index contributed by atoms with van der Waals surface area (Å²) in [4.78, 5) is 14.2. The molecule has 1 aliphatic heterocycles. The minimum atomic E-state index is 0.140. The van der Waals surface area contributed by atoms with E-state index in [0.717, 1.165) is 43.5 Å². The van der Waals surface area contributed by atoms with Crippen LogP contribution in [0.4, 0.5) is 0 Å². The maximum Gasteiger partial charge on any atom is 0.247 e. The molecule has 1 saturated heterocycles. The molecule has 4 rings (SSSR count). The van der Waals surface area contributed by atoms with Crippen molar-refractivity contribution < 1.29 is 13.9 Å². The fourth-order valence-electron chi connectivity index (χ4n) is 3.22. The summed E-state index contributed by atoms with van der Waals surface area (Å²) < 4.78 is 11.0. The lowest BCUT2D eigenvalue weighted by Crippen LogP contribution is -2.40. The first-order chi connectivity index (χ1) is 11.7. The van der Waals surface area contributed by atoms with Crippen LogP contribution in [-0.4, -0.2) is 41.2 Å². The third kappa shape index (κ3) is 3.00. The van der Waals surface area contributed by atoms with Crippen molar-refractivity contribution in [3.63, 3.8) is 0 Å². The summed E-state index contributed by atoms with van der Waals surface area (Å²) in [5.74, 6) is 2.64. The van der Waals surface area contributed by atoms with Crippen LogP contribution in [0.25, 0.3) is 11.5 Å². The molecule has 1 amide bonds. The van der Waals surface area contributed by atoms with Gasteiger partial charge >= 0.3 is 0 Å². The van der Waals surface area contributed by atoms with Gasteiger partial charge < -0.3 is 14.1 Å². The van der Waals surface area contributed by atoms with Gasteiger partial charge in [-0.1, -0.05) is 0 Å². The van der Waals surface area contributed by atoms with Gasteiger partial charge in [-0.25, -0.2) is 0 Å². The quantitative estimate of drug-likeness (QED) is 0.864. The van der Waals surface area contributed by atoms with Crippen molar-refractivity contribution in [1.29, 1.82) is 0 Å². The number of methoxy groups -OCH3 is 1. The number of amides is 1. The van der Waals surface area contributed by atoms with E-state index in [1.165, 1.54) is 0 Å². The fraction of sp³-hybridized carbons (Fsp3) is 0.500. The second kappa shape index (κ2) is 6.26. The monoisotopic (exact) mass is 327 g/mol. The predicted octanol–water partition coefficient (Wildman–Crippen LogP) is 2.86. The van der Waals surface area contributed by atoms with Gasteiger partial charge in [0.2, 0.25) is 17.7 Å². The molecular formula is C18H21N3O3. The zero-order chi connectivity index (χ0) is 16.5. The Morgan fingerprint density at radius 2 is 2.00 bits per heavy atom. The smallest absolute Gasteiger partial charge is 0.247 e. The number of rotatable bonds is 4. The third-order valence-electron chi connectivity index (χ3n) is 4.79. The van der Waals surface area contributed by atoms with E-state index in [1.807, 2.05) is 29.2 Å². The van der Waals surface area contributed by atoms with Gasteiger partial charge in [-0.3, -0.25) is 4.79 Å². The van der Waals surface area contributed by atoms with Crippen LogP contribution in [0, 0.1) is 5.92 Å². The van der Waals surface area contributed by atoms with Crippen LogP contribution in [-0.2, 0) is 4.79 Å². The van der Waals surface area contributed by atoms with Crippen LogP contribution in [0.15, 0.2) is 28.7 Å². The zero-order valence-electron chi connectivity index (χ0n) is 13.8. The number of hydrogen-bond donors (Lipinski definition) is 0. The number of benzene rings is 1. The van der Waals surface area contributed by atoms with Gasteiger partial charge in [0.1, 0.15) is 5.75 Å². The van der Waals surface area contributed by atoms with Gasteiger partial charge in [-0.2, -0.15) is 0 Å². The molecule has 0 spiro atoms. The van der Waals surface area contributed by atoms with Gasteiger partial charge in [-0.05, 0) is 49.9 Å². The Hall–Kier alpha value is -2.37. The van der Waals surface area contributed by atoms with Crippen molar-refractivity contribution in [3.05, 3.63) is 30.2 Å². The number of carbonyl (C=O) groups excluding carboxylic acids is 1. The van der Waals surface area contributed by atoms with Crippen molar-refractivity contribution in [2.45, 2.75) is 31.6 Å². The largest absolute Gasteiger partial charge is 0.497 e. The van der Waals surface area contributed by atoms with E-state index in [9.17, 15) is 4.79 Å². The Labute approximate surface area is 140 Å². The average Bonchev–Trinajstić information content (AvgIpc) is 3.38. The molecule has 1 saturated carbocycles. The Morgan fingerprint density at radius 1 is 1.21 bits per heavy atom. The predicted molar refractivity (Wildman–Crippen MR) is 87.6 cm³/mol. The van der Waals surface area contributed by atoms with E-state index < -0.39 is 0 Å². The van der Waals surface area contributed by atoms with E-state index in [0.29, 0.717) is 24.2 Å². The molecule has 1 aromatic carbocycles. The molecule has 0 N–H and O–H groups in total. The molecule has 0 radical (unpaired) electrons. The Balaban J connectivity index is 1.48. The minimum Gasteiger partial charge on any atom is -0.497 e. The number of hydrogen-bond acceptors (Lipinski definition) is 5. The highest BCUT2D eigenvalue weighted by Crippen LogP contribution is 2.34. The molecule has 126 valence electrons. The average molecular weight is 327 g/mol. The molecule has 6 nitrogen and oxygen atoms in total. The molecular weight excluding hydrogens is 306 g/mol. The summed E-state index contributed by atoms with van der Waals surface area (Å²) in [6.45, 7) is 1.55.